The minimum atomic E-state index is -0.726. The molecule has 0 saturated heterocycles. The van der Waals surface area contributed by atoms with Gasteiger partial charge in [-0.2, -0.15) is 0 Å². The molecule has 0 fully saturated rings. The molecular weight excluding hydrogens is 658 g/mol. The van der Waals surface area contributed by atoms with Crippen LogP contribution in [0, 0.1) is 0 Å². The van der Waals surface area contributed by atoms with Gasteiger partial charge in [0.05, 0.1) is 24.3 Å². The van der Waals surface area contributed by atoms with Crippen LogP contribution in [0.4, 0.5) is 9.59 Å². The molecule has 15 heteroatoms. The lowest BCUT2D eigenvalue weighted by Gasteiger charge is -2.20. The maximum Gasteiger partial charge on any atom is 0.413 e. The van der Waals surface area contributed by atoms with Gasteiger partial charge >= 0.3 is 12.2 Å². The van der Waals surface area contributed by atoms with Gasteiger partial charge in [0.15, 0.2) is 0 Å². The van der Waals surface area contributed by atoms with Gasteiger partial charge < -0.3 is 40.2 Å². The molecule has 0 aliphatic heterocycles. The lowest BCUT2D eigenvalue weighted by atomic mass is 10.1. The number of alkyl carbamates (subject to hydrolysis) is 2. The first-order chi connectivity index (χ1) is 23.8. The van der Waals surface area contributed by atoms with Crippen molar-refractivity contribution >= 4 is 29.8 Å². The average Bonchev–Trinajstić information content (AvgIpc) is 2.97. The third kappa shape index (κ3) is 21.3. The third-order valence-corrected chi connectivity index (χ3v) is 6.60. The molecule has 0 atom stereocenters. The molecule has 1 rings (SSSR count). The topological polar surface area (TPSA) is 195 Å². The van der Waals surface area contributed by atoms with Gasteiger partial charge in [0.2, 0.25) is 0 Å². The van der Waals surface area contributed by atoms with Gasteiger partial charge in [0, 0.05) is 32.2 Å². The van der Waals surface area contributed by atoms with Gasteiger partial charge in [-0.3, -0.25) is 25.2 Å². The highest BCUT2D eigenvalue weighted by Crippen LogP contribution is 2.30. The van der Waals surface area contributed by atoms with E-state index in [0.717, 1.165) is 25.7 Å². The largest absolute Gasteiger partial charge is 0.493 e. The van der Waals surface area contributed by atoms with E-state index < -0.39 is 35.2 Å². The van der Waals surface area contributed by atoms with Crippen LogP contribution in [0.2, 0.25) is 0 Å². The molecule has 0 bridgehead atoms. The minimum absolute atomic E-state index is 0.0832. The summed E-state index contributed by atoms with van der Waals surface area (Å²) in [7, 11) is 3.80. The molecule has 1 aromatic rings. The Hall–Kier alpha value is -4.53. The first-order valence-electron chi connectivity index (χ1n) is 17.4. The number of unbranched alkanes of at least 4 members (excludes halogenated alkanes) is 4. The maximum atomic E-state index is 13.2. The van der Waals surface area contributed by atoms with Crippen LogP contribution in [0.15, 0.2) is 29.5 Å². The van der Waals surface area contributed by atoms with Crippen LogP contribution >= 0.6 is 0 Å². The summed E-state index contributed by atoms with van der Waals surface area (Å²) in [5, 5.41) is 11.1. The van der Waals surface area contributed by atoms with Crippen molar-refractivity contribution in [2.45, 2.75) is 98.2 Å². The fourth-order valence-corrected chi connectivity index (χ4v) is 4.26. The molecule has 0 unspecified atom stereocenters. The smallest absolute Gasteiger partial charge is 0.413 e. The molecule has 4 amide bonds. The molecular formula is C36H61N7O8. The number of rotatable bonds is 21. The Balaban J connectivity index is 2.76. The van der Waals surface area contributed by atoms with Crippen LogP contribution in [0.1, 0.15) is 108 Å². The highest BCUT2D eigenvalue weighted by atomic mass is 16.6. The van der Waals surface area contributed by atoms with Crippen molar-refractivity contribution in [1.29, 1.82) is 0 Å². The Morgan fingerprint density at radius 2 is 1.31 bits per heavy atom. The van der Waals surface area contributed by atoms with Gasteiger partial charge in [-0.25, -0.2) is 9.59 Å². The van der Waals surface area contributed by atoms with Crippen molar-refractivity contribution in [1.82, 2.24) is 26.2 Å². The zero-order valence-electron chi connectivity index (χ0n) is 32.1. The second-order valence-electron chi connectivity index (χ2n) is 14.2. The van der Waals surface area contributed by atoms with Gasteiger partial charge in [-0.05, 0) is 107 Å². The van der Waals surface area contributed by atoms with E-state index in [2.05, 4.69) is 32.8 Å². The Morgan fingerprint density at radius 3 is 1.86 bits per heavy atom. The van der Waals surface area contributed by atoms with Crippen molar-refractivity contribution in [2.75, 3.05) is 53.5 Å². The van der Waals surface area contributed by atoms with Crippen molar-refractivity contribution < 1.29 is 38.1 Å². The van der Waals surface area contributed by atoms with E-state index in [1.165, 1.54) is 6.07 Å². The first-order valence-corrected chi connectivity index (χ1v) is 17.4. The molecule has 0 aromatic heterocycles. The lowest BCUT2D eigenvalue weighted by Crippen LogP contribution is -2.36. The van der Waals surface area contributed by atoms with Crippen LogP contribution in [-0.4, -0.2) is 99.4 Å². The zero-order valence-corrected chi connectivity index (χ0v) is 32.1. The summed E-state index contributed by atoms with van der Waals surface area (Å²) in [5.74, 6) is 0.226. The molecule has 0 aliphatic rings. The summed E-state index contributed by atoms with van der Waals surface area (Å²) >= 11 is 0. The van der Waals surface area contributed by atoms with E-state index in [-0.39, 0.29) is 22.6 Å². The number of ether oxygens (including phenoxy) is 4. The average molecular weight is 720 g/mol. The SMILES string of the molecule is C=C(NCCCCCOc1cc(OCCCCCN=C(C)NC(=O)OC(C)(C)C)c(C(N)=O)cc1C(=O)NCCN(C)C)NC(=O)OC(C)(C)C. The molecule has 0 saturated carbocycles. The normalized spacial score (nSPS) is 11.8. The quantitative estimate of drug-likeness (QED) is 0.0675. The number of carbonyl (C=O) groups excluding carboxylic acids is 4. The molecule has 0 spiro atoms. The summed E-state index contributed by atoms with van der Waals surface area (Å²) in [6.07, 6.45) is 3.33. The molecule has 0 heterocycles. The van der Waals surface area contributed by atoms with E-state index in [4.69, 9.17) is 24.7 Å². The Bertz CT molecular complexity index is 1330. The number of amidine groups is 1. The number of carbonyl (C=O) groups is 4. The van der Waals surface area contributed by atoms with Crippen molar-refractivity contribution in [2.24, 2.45) is 10.7 Å². The van der Waals surface area contributed by atoms with E-state index in [0.29, 0.717) is 63.9 Å². The molecule has 15 nitrogen and oxygen atoms in total. The number of aliphatic imine (C=N–C) groups is 1. The summed E-state index contributed by atoms with van der Waals surface area (Å²) in [5.41, 5.74) is 4.76. The standard InChI is InChI=1S/C36H61N7O8/c1-25(41-33(46)50-35(3,4)5)38-17-13-11-15-21-48-29-24-30(28(23-27(29)31(37)44)32(45)40-19-20-43(9)10)49-22-16-12-14-18-39-26(2)42-34(47)51-36(6,7)8/h23-24,39H,2,11-22H2,1,3-10H3,(H2,37,44)(H,40,45)(H,42,47)(H,38,41,46). The van der Waals surface area contributed by atoms with Crippen molar-refractivity contribution in [3.63, 3.8) is 0 Å². The molecule has 0 radical (unpaired) electrons. The number of likely N-dealkylation sites (N-methyl/N-ethyl adjacent to an activating group) is 1. The fraction of sp³-hybridized carbons (Fsp3) is 0.639. The van der Waals surface area contributed by atoms with Crippen molar-refractivity contribution in [3.8, 4) is 11.5 Å². The fourth-order valence-electron chi connectivity index (χ4n) is 4.26. The van der Waals surface area contributed by atoms with E-state index in [9.17, 15) is 19.2 Å². The first kappa shape index (κ1) is 44.5. The van der Waals surface area contributed by atoms with Gasteiger partial charge in [0.25, 0.3) is 11.8 Å². The van der Waals surface area contributed by atoms with Crippen LogP contribution < -0.4 is 36.5 Å². The minimum Gasteiger partial charge on any atom is -0.493 e. The predicted molar refractivity (Wildman–Crippen MR) is 198 cm³/mol. The van der Waals surface area contributed by atoms with E-state index in [1.54, 1.807) is 54.5 Å². The van der Waals surface area contributed by atoms with Gasteiger partial charge in [0.1, 0.15) is 34.4 Å². The summed E-state index contributed by atoms with van der Waals surface area (Å²) in [4.78, 5) is 55.6. The lowest BCUT2D eigenvalue weighted by molar-refractivity contribution is 0.0537. The second-order valence-corrected chi connectivity index (χ2v) is 14.2. The Kier molecular flexibility index (Phi) is 19.5. The molecule has 288 valence electrons. The molecule has 6 N–H and O–H groups in total. The monoisotopic (exact) mass is 719 g/mol. The van der Waals surface area contributed by atoms with Gasteiger partial charge in [-0.1, -0.05) is 6.58 Å². The highest BCUT2D eigenvalue weighted by Gasteiger charge is 2.21. The second kappa shape index (κ2) is 22.3. The number of benzene rings is 1. The zero-order chi connectivity index (χ0) is 38.6. The van der Waals surface area contributed by atoms with Crippen LogP contribution in [0.3, 0.4) is 0 Å². The highest BCUT2D eigenvalue weighted by molar-refractivity contribution is 6.02. The Labute approximate surface area is 303 Å². The summed E-state index contributed by atoms with van der Waals surface area (Å²) < 4.78 is 22.5. The number of hydrogen-bond donors (Lipinski definition) is 5. The summed E-state index contributed by atoms with van der Waals surface area (Å²) in [6.45, 7) is 18.9. The number of primary amides is 1. The van der Waals surface area contributed by atoms with E-state index >= 15 is 0 Å². The summed E-state index contributed by atoms with van der Waals surface area (Å²) in [6, 6.07) is 2.96. The predicted octanol–water partition coefficient (Wildman–Crippen LogP) is 4.70. The maximum absolute atomic E-state index is 13.2. The van der Waals surface area contributed by atoms with Crippen LogP contribution in [-0.2, 0) is 9.47 Å². The number of nitrogens with two attached hydrogens (primary N) is 1. The van der Waals surface area contributed by atoms with Crippen molar-refractivity contribution in [3.05, 3.63) is 35.7 Å². The number of nitrogens with one attached hydrogen (secondary N) is 4. The number of nitrogens with zero attached hydrogens (tertiary/aromatic N) is 2. The molecule has 0 aliphatic carbocycles. The molecule has 1 aromatic carbocycles. The third-order valence-electron chi connectivity index (χ3n) is 6.60. The van der Waals surface area contributed by atoms with Crippen LogP contribution in [0.5, 0.6) is 11.5 Å². The van der Waals surface area contributed by atoms with Gasteiger partial charge in [-0.15, -0.1) is 0 Å². The number of hydrogen-bond acceptors (Lipinski definition) is 11. The molecule has 51 heavy (non-hydrogen) atoms. The van der Waals surface area contributed by atoms with Crippen LogP contribution in [0.25, 0.3) is 0 Å². The van der Waals surface area contributed by atoms with E-state index in [1.807, 2.05) is 19.0 Å². The number of amides is 4. The Morgan fingerprint density at radius 1 is 0.765 bits per heavy atom.